The van der Waals surface area contributed by atoms with Gasteiger partial charge in [0.25, 0.3) is 0 Å². The molecular weight excluding hydrogens is 188 g/mol. The summed E-state index contributed by atoms with van der Waals surface area (Å²) >= 11 is 0. The molecule has 0 saturated heterocycles. The molecule has 1 aromatic rings. The van der Waals surface area contributed by atoms with Crippen molar-refractivity contribution in [1.29, 1.82) is 0 Å². The zero-order chi connectivity index (χ0) is 11.4. The Labute approximate surface area is 91.3 Å². The SMILES string of the molecule is CCC(C)OC(=O)c1c(C)cccc1C. The summed E-state index contributed by atoms with van der Waals surface area (Å²) in [6, 6.07) is 5.81. The van der Waals surface area contributed by atoms with Crippen molar-refractivity contribution in [3.63, 3.8) is 0 Å². The predicted molar refractivity (Wildman–Crippen MR) is 61.1 cm³/mol. The number of ether oxygens (including phenoxy) is 1. The second-order valence-corrected chi connectivity index (χ2v) is 3.89. The van der Waals surface area contributed by atoms with Crippen LogP contribution in [0.25, 0.3) is 0 Å². The maximum atomic E-state index is 11.8. The third-order valence-electron chi connectivity index (χ3n) is 2.57. The lowest BCUT2D eigenvalue weighted by Crippen LogP contribution is -2.16. The van der Waals surface area contributed by atoms with Gasteiger partial charge in [0, 0.05) is 0 Å². The van der Waals surface area contributed by atoms with E-state index in [2.05, 4.69) is 0 Å². The molecule has 0 bridgehead atoms. The first kappa shape index (κ1) is 11.8. The highest BCUT2D eigenvalue weighted by molar-refractivity contribution is 5.92. The number of carbonyl (C=O) groups excluding carboxylic acids is 1. The topological polar surface area (TPSA) is 26.3 Å². The van der Waals surface area contributed by atoms with E-state index in [0.29, 0.717) is 5.56 Å². The van der Waals surface area contributed by atoms with Gasteiger partial charge in [-0.3, -0.25) is 0 Å². The van der Waals surface area contributed by atoms with Gasteiger partial charge in [-0.05, 0) is 38.3 Å². The first-order valence-corrected chi connectivity index (χ1v) is 5.33. The molecule has 0 aliphatic carbocycles. The third-order valence-corrected chi connectivity index (χ3v) is 2.57. The van der Waals surface area contributed by atoms with E-state index in [9.17, 15) is 4.79 Å². The van der Waals surface area contributed by atoms with Crippen LogP contribution in [0, 0.1) is 13.8 Å². The largest absolute Gasteiger partial charge is 0.459 e. The van der Waals surface area contributed by atoms with Crippen molar-refractivity contribution < 1.29 is 9.53 Å². The Morgan fingerprint density at radius 3 is 2.33 bits per heavy atom. The zero-order valence-corrected chi connectivity index (χ0v) is 9.83. The summed E-state index contributed by atoms with van der Waals surface area (Å²) in [5, 5.41) is 0. The van der Waals surface area contributed by atoms with Gasteiger partial charge < -0.3 is 4.74 Å². The van der Waals surface area contributed by atoms with E-state index in [1.54, 1.807) is 0 Å². The van der Waals surface area contributed by atoms with Gasteiger partial charge in [-0.1, -0.05) is 25.1 Å². The summed E-state index contributed by atoms with van der Waals surface area (Å²) < 4.78 is 5.31. The van der Waals surface area contributed by atoms with Crippen LogP contribution in [0.5, 0.6) is 0 Å². The quantitative estimate of drug-likeness (QED) is 0.709. The molecule has 1 unspecified atom stereocenters. The van der Waals surface area contributed by atoms with Gasteiger partial charge in [0.15, 0.2) is 0 Å². The second kappa shape index (κ2) is 4.96. The van der Waals surface area contributed by atoms with Crippen LogP contribution in [0.4, 0.5) is 0 Å². The lowest BCUT2D eigenvalue weighted by molar-refractivity contribution is 0.0333. The molecule has 0 heterocycles. The van der Waals surface area contributed by atoms with Crippen molar-refractivity contribution in [1.82, 2.24) is 0 Å². The molecule has 0 amide bonds. The van der Waals surface area contributed by atoms with Crippen molar-refractivity contribution in [2.24, 2.45) is 0 Å². The maximum absolute atomic E-state index is 11.8. The highest BCUT2D eigenvalue weighted by Crippen LogP contribution is 2.15. The van der Waals surface area contributed by atoms with Crippen molar-refractivity contribution in [2.45, 2.75) is 40.2 Å². The molecule has 15 heavy (non-hydrogen) atoms. The molecule has 1 rings (SSSR count). The highest BCUT2D eigenvalue weighted by Gasteiger charge is 2.15. The normalized spacial score (nSPS) is 12.3. The summed E-state index contributed by atoms with van der Waals surface area (Å²) in [5.74, 6) is -0.208. The Kier molecular flexibility index (Phi) is 3.89. The second-order valence-electron chi connectivity index (χ2n) is 3.89. The summed E-state index contributed by atoms with van der Waals surface area (Å²) in [7, 11) is 0. The fraction of sp³-hybridized carbons (Fsp3) is 0.462. The van der Waals surface area contributed by atoms with Crippen LogP contribution in [-0.2, 0) is 4.74 Å². The third kappa shape index (κ3) is 2.82. The van der Waals surface area contributed by atoms with Gasteiger partial charge in [0.1, 0.15) is 0 Å². The molecule has 2 heteroatoms. The first-order chi connectivity index (χ1) is 7.06. The number of hydrogen-bond acceptors (Lipinski definition) is 2. The van der Waals surface area contributed by atoms with Crippen LogP contribution in [0.3, 0.4) is 0 Å². The summed E-state index contributed by atoms with van der Waals surface area (Å²) in [5.41, 5.74) is 2.66. The maximum Gasteiger partial charge on any atom is 0.338 e. The minimum absolute atomic E-state index is 0.0171. The van der Waals surface area contributed by atoms with E-state index in [-0.39, 0.29) is 12.1 Å². The van der Waals surface area contributed by atoms with Gasteiger partial charge in [-0.25, -0.2) is 4.79 Å². The number of esters is 1. The summed E-state index contributed by atoms with van der Waals surface area (Å²) in [6.07, 6.45) is 0.827. The molecule has 1 atom stereocenters. The van der Waals surface area contributed by atoms with Crippen molar-refractivity contribution >= 4 is 5.97 Å². The molecule has 1 aromatic carbocycles. The molecular formula is C13H18O2. The molecule has 0 N–H and O–H groups in total. The fourth-order valence-electron chi connectivity index (χ4n) is 1.46. The molecule has 0 aromatic heterocycles. The Morgan fingerprint density at radius 1 is 1.33 bits per heavy atom. The first-order valence-electron chi connectivity index (χ1n) is 5.33. The van der Waals surface area contributed by atoms with Crippen LogP contribution in [-0.4, -0.2) is 12.1 Å². The molecule has 0 spiro atoms. The van der Waals surface area contributed by atoms with Gasteiger partial charge in [0.05, 0.1) is 11.7 Å². The number of rotatable bonds is 3. The van der Waals surface area contributed by atoms with Gasteiger partial charge in [-0.2, -0.15) is 0 Å². The average Bonchev–Trinajstić information content (AvgIpc) is 2.17. The standard InChI is InChI=1S/C13H18O2/c1-5-11(4)15-13(14)12-9(2)7-6-8-10(12)3/h6-8,11H,5H2,1-4H3. The van der Waals surface area contributed by atoms with Gasteiger partial charge in [0.2, 0.25) is 0 Å². The lowest BCUT2D eigenvalue weighted by Gasteiger charge is -2.13. The van der Waals surface area contributed by atoms with E-state index < -0.39 is 0 Å². The zero-order valence-electron chi connectivity index (χ0n) is 9.83. The molecule has 0 radical (unpaired) electrons. The Balaban J connectivity index is 2.91. The van der Waals surface area contributed by atoms with Gasteiger partial charge >= 0.3 is 5.97 Å². The lowest BCUT2D eigenvalue weighted by atomic mass is 10.0. The minimum atomic E-state index is -0.208. The molecule has 0 aliphatic rings. The van der Waals surface area contributed by atoms with Crippen LogP contribution in [0.1, 0.15) is 41.8 Å². The van der Waals surface area contributed by atoms with Crippen LogP contribution in [0.2, 0.25) is 0 Å². The van der Waals surface area contributed by atoms with E-state index >= 15 is 0 Å². The molecule has 82 valence electrons. The summed E-state index contributed by atoms with van der Waals surface area (Å²) in [4.78, 5) is 11.8. The van der Waals surface area contributed by atoms with Crippen molar-refractivity contribution in [3.05, 3.63) is 34.9 Å². The fourth-order valence-corrected chi connectivity index (χ4v) is 1.46. The molecule has 0 fully saturated rings. The molecule has 0 saturated carbocycles. The van der Waals surface area contributed by atoms with Crippen LogP contribution >= 0.6 is 0 Å². The predicted octanol–water partition coefficient (Wildman–Crippen LogP) is 3.26. The van der Waals surface area contributed by atoms with Crippen molar-refractivity contribution in [3.8, 4) is 0 Å². The monoisotopic (exact) mass is 206 g/mol. The van der Waals surface area contributed by atoms with E-state index in [0.717, 1.165) is 17.5 Å². The minimum Gasteiger partial charge on any atom is -0.459 e. The molecule has 2 nitrogen and oxygen atoms in total. The number of benzene rings is 1. The van der Waals surface area contributed by atoms with E-state index in [4.69, 9.17) is 4.74 Å². The Hall–Kier alpha value is -1.31. The number of hydrogen-bond donors (Lipinski definition) is 0. The highest BCUT2D eigenvalue weighted by atomic mass is 16.5. The Morgan fingerprint density at radius 2 is 1.87 bits per heavy atom. The van der Waals surface area contributed by atoms with Crippen LogP contribution < -0.4 is 0 Å². The average molecular weight is 206 g/mol. The van der Waals surface area contributed by atoms with Crippen molar-refractivity contribution in [2.75, 3.05) is 0 Å². The smallest absolute Gasteiger partial charge is 0.338 e. The van der Waals surface area contributed by atoms with E-state index in [1.807, 2.05) is 45.9 Å². The molecule has 0 aliphatic heterocycles. The Bertz CT molecular complexity index is 335. The van der Waals surface area contributed by atoms with E-state index in [1.165, 1.54) is 0 Å². The van der Waals surface area contributed by atoms with Gasteiger partial charge in [-0.15, -0.1) is 0 Å². The van der Waals surface area contributed by atoms with Crippen LogP contribution in [0.15, 0.2) is 18.2 Å². The number of aryl methyl sites for hydroxylation is 2. The number of carbonyl (C=O) groups is 1. The summed E-state index contributed by atoms with van der Waals surface area (Å²) in [6.45, 7) is 7.77.